The van der Waals surface area contributed by atoms with E-state index in [1.54, 1.807) is 0 Å². The Morgan fingerprint density at radius 3 is 3.14 bits per heavy atom. The van der Waals surface area contributed by atoms with E-state index in [0.717, 1.165) is 12.9 Å². The molecule has 0 atom stereocenters. The predicted molar refractivity (Wildman–Crippen MR) is 30.4 cm³/mol. The van der Waals surface area contributed by atoms with Crippen LogP contribution in [0.15, 0.2) is 0 Å². The topological polar surface area (TPSA) is 9.23 Å². The van der Waals surface area contributed by atoms with Gasteiger partial charge in [-0.05, 0) is 6.42 Å². The van der Waals surface area contributed by atoms with Gasteiger partial charge >= 0.3 is 0 Å². The van der Waals surface area contributed by atoms with Crippen LogP contribution in [0.5, 0.6) is 0 Å². The molecule has 0 aliphatic carbocycles. The van der Waals surface area contributed by atoms with Gasteiger partial charge < -0.3 is 4.65 Å². The van der Waals surface area contributed by atoms with Crippen LogP contribution in [0.1, 0.15) is 19.3 Å². The monoisotopic (exact) mass is 97.1 g/mol. The van der Waals surface area contributed by atoms with Crippen LogP contribution < -0.4 is 0 Å². The van der Waals surface area contributed by atoms with E-state index < -0.39 is 0 Å². The molecule has 0 unspecified atom stereocenters. The second-order valence-electron chi connectivity index (χ2n) is 1.89. The summed E-state index contributed by atoms with van der Waals surface area (Å²) in [6, 6.07) is 0. The summed E-state index contributed by atoms with van der Waals surface area (Å²) in [6.07, 6.45) is 5.06. The molecule has 1 heterocycles. The Morgan fingerprint density at radius 1 is 1.14 bits per heavy atom. The smallest absolute Gasteiger partial charge is 0.292 e. The van der Waals surface area contributed by atoms with E-state index in [4.69, 9.17) is 4.65 Å². The van der Waals surface area contributed by atoms with Crippen LogP contribution in [0.4, 0.5) is 0 Å². The maximum atomic E-state index is 5.07. The highest BCUT2D eigenvalue weighted by atomic mass is 16.4. The van der Waals surface area contributed by atoms with Gasteiger partial charge in [0.1, 0.15) is 0 Å². The second kappa shape index (κ2) is 3.08. The van der Waals surface area contributed by atoms with Gasteiger partial charge in [0.25, 0.3) is 7.48 Å². The van der Waals surface area contributed by atoms with Gasteiger partial charge in [-0.1, -0.05) is 19.2 Å². The maximum Gasteiger partial charge on any atom is 0.292 e. The lowest BCUT2D eigenvalue weighted by Gasteiger charge is -1.90. The van der Waals surface area contributed by atoms with Crippen molar-refractivity contribution >= 4 is 7.48 Å². The molecule has 0 aromatic carbocycles. The lowest BCUT2D eigenvalue weighted by Crippen LogP contribution is -1.93. The third-order valence-electron chi connectivity index (χ3n) is 1.20. The molecule has 1 aliphatic rings. The van der Waals surface area contributed by atoms with Crippen LogP contribution in [-0.4, -0.2) is 14.1 Å². The summed E-state index contributed by atoms with van der Waals surface area (Å²) < 4.78 is 5.07. The van der Waals surface area contributed by atoms with E-state index in [-0.39, 0.29) is 0 Å². The number of hydrogen-bond donors (Lipinski definition) is 0. The predicted octanol–water partition coefficient (Wildman–Crippen LogP) is 1.22. The molecule has 0 N–H and O–H groups in total. The van der Waals surface area contributed by atoms with E-state index in [1.165, 1.54) is 19.3 Å². The quantitative estimate of drug-likeness (QED) is 0.413. The van der Waals surface area contributed by atoms with Crippen LogP contribution in [0.3, 0.4) is 0 Å². The molecule has 1 saturated heterocycles. The highest BCUT2D eigenvalue weighted by Gasteiger charge is 1.97. The minimum atomic E-state index is 0.944. The first-order valence-electron chi connectivity index (χ1n) is 2.93. The van der Waals surface area contributed by atoms with Crippen LogP contribution in [-0.2, 0) is 4.65 Å². The Balaban J connectivity index is 2.04. The fraction of sp³-hybridized carbons (Fsp3) is 1.00. The van der Waals surface area contributed by atoms with Crippen LogP contribution in [0.2, 0.25) is 6.32 Å². The molecule has 1 rings (SSSR count). The zero-order valence-electron chi connectivity index (χ0n) is 4.52. The average molecular weight is 96.9 g/mol. The molecular formula is C5H10BO. The minimum absolute atomic E-state index is 0.944. The zero-order chi connectivity index (χ0) is 4.95. The van der Waals surface area contributed by atoms with E-state index in [1.807, 2.05) is 7.48 Å². The Morgan fingerprint density at radius 2 is 2.14 bits per heavy atom. The number of rotatable bonds is 0. The van der Waals surface area contributed by atoms with E-state index in [2.05, 4.69) is 0 Å². The fourth-order valence-electron chi connectivity index (χ4n) is 0.757. The van der Waals surface area contributed by atoms with Crippen LogP contribution in [0.25, 0.3) is 0 Å². The van der Waals surface area contributed by atoms with E-state index in [9.17, 15) is 0 Å². The molecule has 0 saturated carbocycles. The summed E-state index contributed by atoms with van der Waals surface area (Å²) in [4.78, 5) is 0. The Labute approximate surface area is 45.3 Å². The molecule has 7 heavy (non-hydrogen) atoms. The van der Waals surface area contributed by atoms with Crippen LogP contribution in [0, 0.1) is 0 Å². The third-order valence-corrected chi connectivity index (χ3v) is 1.20. The Hall–Kier alpha value is 0.0249. The van der Waals surface area contributed by atoms with Crippen molar-refractivity contribution in [3.8, 4) is 0 Å². The molecule has 0 aromatic heterocycles. The normalized spacial score (nSPS) is 22.9. The summed E-state index contributed by atoms with van der Waals surface area (Å²) in [5.41, 5.74) is 0. The molecule has 1 aliphatic heterocycles. The molecule has 1 nitrogen and oxygen atoms in total. The van der Waals surface area contributed by atoms with Crippen molar-refractivity contribution in [3.05, 3.63) is 0 Å². The first kappa shape index (κ1) is 5.17. The van der Waals surface area contributed by atoms with Gasteiger partial charge in [-0.15, -0.1) is 0 Å². The van der Waals surface area contributed by atoms with E-state index >= 15 is 0 Å². The summed E-state index contributed by atoms with van der Waals surface area (Å²) in [6.45, 7) is 0.944. The lowest BCUT2D eigenvalue weighted by atomic mass is 9.93. The molecule has 39 valence electrons. The van der Waals surface area contributed by atoms with Crippen molar-refractivity contribution in [1.29, 1.82) is 0 Å². The van der Waals surface area contributed by atoms with Crippen molar-refractivity contribution in [1.82, 2.24) is 0 Å². The molecular weight excluding hydrogens is 86.9 g/mol. The SMILES string of the molecule is [B]1CCCCCO1. The lowest BCUT2D eigenvalue weighted by molar-refractivity contribution is 0.336. The molecule has 1 fully saturated rings. The minimum Gasteiger partial charge on any atom is -0.440 e. The summed E-state index contributed by atoms with van der Waals surface area (Å²) in [5.74, 6) is 0. The van der Waals surface area contributed by atoms with Gasteiger partial charge in [-0.25, -0.2) is 0 Å². The highest BCUT2D eigenvalue weighted by Crippen LogP contribution is 2.04. The zero-order valence-corrected chi connectivity index (χ0v) is 4.52. The highest BCUT2D eigenvalue weighted by molar-refractivity contribution is 6.27. The largest absolute Gasteiger partial charge is 0.440 e. The maximum absolute atomic E-state index is 5.07. The van der Waals surface area contributed by atoms with Gasteiger partial charge in [-0.2, -0.15) is 0 Å². The Bertz CT molecular complexity index is 27.7. The van der Waals surface area contributed by atoms with Gasteiger partial charge in [0.2, 0.25) is 0 Å². The fourth-order valence-corrected chi connectivity index (χ4v) is 0.757. The summed E-state index contributed by atoms with van der Waals surface area (Å²) in [7, 11) is 1.92. The van der Waals surface area contributed by atoms with Gasteiger partial charge in [0, 0.05) is 6.61 Å². The van der Waals surface area contributed by atoms with E-state index in [0.29, 0.717) is 0 Å². The molecule has 1 radical (unpaired) electrons. The van der Waals surface area contributed by atoms with Gasteiger partial charge in [0.15, 0.2) is 0 Å². The van der Waals surface area contributed by atoms with Crippen LogP contribution >= 0.6 is 0 Å². The van der Waals surface area contributed by atoms with Crippen molar-refractivity contribution in [2.45, 2.75) is 25.6 Å². The number of hydrogen-bond acceptors (Lipinski definition) is 1. The van der Waals surface area contributed by atoms with Crippen molar-refractivity contribution in [3.63, 3.8) is 0 Å². The third kappa shape index (κ3) is 1.98. The van der Waals surface area contributed by atoms with Crippen molar-refractivity contribution in [2.24, 2.45) is 0 Å². The van der Waals surface area contributed by atoms with Gasteiger partial charge in [0.05, 0.1) is 0 Å². The molecule has 0 amide bonds. The molecule has 0 aromatic rings. The first-order chi connectivity index (χ1) is 3.50. The molecule has 0 spiro atoms. The second-order valence-corrected chi connectivity index (χ2v) is 1.89. The van der Waals surface area contributed by atoms with Crippen molar-refractivity contribution < 1.29 is 4.65 Å². The standard InChI is InChI=1S/C5H10BO/c1-2-4-6-7-5-3-1/h1-5H2. The Kier molecular flexibility index (Phi) is 2.28. The average Bonchev–Trinajstić information content (AvgIpc) is 1.90. The van der Waals surface area contributed by atoms with Gasteiger partial charge in [-0.3, -0.25) is 0 Å². The molecule has 2 heteroatoms. The summed E-state index contributed by atoms with van der Waals surface area (Å²) >= 11 is 0. The summed E-state index contributed by atoms with van der Waals surface area (Å²) in [5, 5.41) is 0. The molecule has 0 bridgehead atoms. The van der Waals surface area contributed by atoms with Crippen molar-refractivity contribution in [2.75, 3.05) is 6.61 Å². The first-order valence-corrected chi connectivity index (χ1v) is 2.93.